The molecule has 0 spiro atoms. The highest BCUT2D eigenvalue weighted by molar-refractivity contribution is 5.98. The first kappa shape index (κ1) is 11.6. The summed E-state index contributed by atoms with van der Waals surface area (Å²) in [5.74, 6) is 1.64. The molecule has 2 aliphatic rings. The minimum Gasteiger partial charge on any atom is -0.370 e. The molecule has 5 nitrogen and oxygen atoms in total. The molecule has 1 fully saturated rings. The summed E-state index contributed by atoms with van der Waals surface area (Å²) in [6.45, 7) is 4.87. The number of carbonyl (C=O) groups excluding carboxylic acids is 1. The van der Waals surface area contributed by atoms with Gasteiger partial charge in [0.25, 0.3) is 5.91 Å². The molecule has 98 valence electrons. The van der Waals surface area contributed by atoms with Gasteiger partial charge >= 0.3 is 0 Å². The fourth-order valence-corrected chi connectivity index (χ4v) is 2.67. The van der Waals surface area contributed by atoms with Crippen molar-refractivity contribution < 1.29 is 4.79 Å². The third kappa shape index (κ3) is 1.98. The fraction of sp³-hybridized carbons (Fsp3) is 0.692. The fourth-order valence-electron chi connectivity index (χ4n) is 2.67. The Morgan fingerprint density at radius 3 is 2.94 bits per heavy atom. The van der Waals surface area contributed by atoms with Gasteiger partial charge in [-0.15, -0.1) is 0 Å². The lowest BCUT2D eigenvalue weighted by molar-refractivity contribution is 0.0943. The first-order valence-electron chi connectivity index (χ1n) is 6.79. The number of aromatic nitrogens is 2. The summed E-state index contributed by atoms with van der Waals surface area (Å²) < 4.78 is 2.02. The summed E-state index contributed by atoms with van der Waals surface area (Å²) in [7, 11) is 0. The number of hydrogen-bond donors (Lipinski definition) is 2. The molecule has 3 rings (SSSR count). The van der Waals surface area contributed by atoms with Crippen molar-refractivity contribution >= 4 is 11.7 Å². The quantitative estimate of drug-likeness (QED) is 0.857. The van der Waals surface area contributed by atoms with Crippen molar-refractivity contribution in [3.05, 3.63) is 11.8 Å². The summed E-state index contributed by atoms with van der Waals surface area (Å²) in [6.07, 6.45) is 5.42. The lowest BCUT2D eigenvalue weighted by Gasteiger charge is -2.26. The molecule has 1 saturated carbocycles. The third-order valence-corrected chi connectivity index (χ3v) is 3.67. The van der Waals surface area contributed by atoms with Crippen molar-refractivity contribution in [2.24, 2.45) is 5.92 Å². The van der Waals surface area contributed by atoms with Gasteiger partial charge in [0.15, 0.2) is 0 Å². The lowest BCUT2D eigenvalue weighted by atomic mass is 10.1. The first-order valence-corrected chi connectivity index (χ1v) is 6.79. The zero-order valence-corrected chi connectivity index (χ0v) is 10.9. The van der Waals surface area contributed by atoms with E-state index >= 15 is 0 Å². The van der Waals surface area contributed by atoms with Crippen LogP contribution in [0.4, 0.5) is 5.82 Å². The van der Waals surface area contributed by atoms with Gasteiger partial charge in [-0.1, -0.05) is 0 Å². The summed E-state index contributed by atoms with van der Waals surface area (Å²) in [5, 5.41) is 10.7. The molecule has 1 aliphatic heterocycles. The summed E-state index contributed by atoms with van der Waals surface area (Å²) in [4.78, 5) is 12.1. The van der Waals surface area contributed by atoms with E-state index in [2.05, 4.69) is 15.7 Å². The molecule has 1 unspecified atom stereocenters. The van der Waals surface area contributed by atoms with E-state index in [1.54, 1.807) is 6.20 Å². The summed E-state index contributed by atoms with van der Waals surface area (Å²) >= 11 is 0. The Morgan fingerprint density at radius 2 is 2.28 bits per heavy atom. The number of anilines is 1. The van der Waals surface area contributed by atoms with Crippen molar-refractivity contribution in [1.29, 1.82) is 0 Å². The molecule has 18 heavy (non-hydrogen) atoms. The molecule has 0 radical (unpaired) electrons. The molecular weight excluding hydrogens is 228 g/mol. The van der Waals surface area contributed by atoms with Crippen molar-refractivity contribution in [2.45, 2.75) is 45.2 Å². The molecule has 0 aromatic carbocycles. The van der Waals surface area contributed by atoms with E-state index in [-0.39, 0.29) is 11.9 Å². The van der Waals surface area contributed by atoms with Crippen molar-refractivity contribution in [3.63, 3.8) is 0 Å². The van der Waals surface area contributed by atoms with Crippen molar-refractivity contribution in [1.82, 2.24) is 15.1 Å². The molecule has 2 heterocycles. The zero-order valence-electron chi connectivity index (χ0n) is 10.9. The van der Waals surface area contributed by atoms with Gasteiger partial charge in [0.2, 0.25) is 0 Å². The number of carbonyl (C=O) groups is 1. The van der Waals surface area contributed by atoms with Crippen molar-refractivity contribution in [3.8, 4) is 0 Å². The molecule has 2 N–H and O–H groups in total. The minimum absolute atomic E-state index is 0.0322. The van der Waals surface area contributed by atoms with Crippen LogP contribution >= 0.6 is 0 Å². The second-order valence-corrected chi connectivity index (χ2v) is 5.60. The highest BCUT2D eigenvalue weighted by Crippen LogP contribution is 2.44. The van der Waals surface area contributed by atoms with E-state index in [0.717, 1.165) is 24.7 Å². The molecule has 1 aromatic rings. The second kappa shape index (κ2) is 4.30. The predicted octanol–water partition coefficient (Wildman–Crippen LogP) is 1.79. The predicted molar refractivity (Wildman–Crippen MR) is 69.7 cm³/mol. The molecular formula is C13H20N4O. The Bertz CT molecular complexity index is 462. The Morgan fingerprint density at radius 1 is 1.50 bits per heavy atom. The van der Waals surface area contributed by atoms with E-state index < -0.39 is 0 Å². The SMILES string of the molecule is CC(C)NC(=O)c1cnn2c1NCCC2C1CC1. The standard InChI is InChI=1S/C13H20N4O/c1-8(2)16-13(18)10-7-15-17-11(9-3-4-9)5-6-14-12(10)17/h7-9,11,14H,3-6H2,1-2H3,(H,16,18). The van der Waals surface area contributed by atoms with Crippen LogP contribution in [0.3, 0.4) is 0 Å². The highest BCUT2D eigenvalue weighted by atomic mass is 16.1. The monoisotopic (exact) mass is 248 g/mol. The molecule has 5 heteroatoms. The van der Waals surface area contributed by atoms with E-state index in [1.165, 1.54) is 12.8 Å². The van der Waals surface area contributed by atoms with E-state index in [0.29, 0.717) is 11.6 Å². The van der Waals surface area contributed by atoms with Gasteiger partial charge in [-0.2, -0.15) is 5.10 Å². The average Bonchev–Trinajstić information content (AvgIpc) is 3.06. The second-order valence-electron chi connectivity index (χ2n) is 5.60. The van der Waals surface area contributed by atoms with Crippen LogP contribution in [-0.2, 0) is 0 Å². The van der Waals surface area contributed by atoms with Crippen LogP contribution in [0.5, 0.6) is 0 Å². The number of nitrogens with zero attached hydrogens (tertiary/aromatic N) is 2. The van der Waals surface area contributed by atoms with Crippen molar-refractivity contribution in [2.75, 3.05) is 11.9 Å². The zero-order chi connectivity index (χ0) is 12.7. The Hall–Kier alpha value is -1.52. The van der Waals surface area contributed by atoms with Gasteiger partial charge < -0.3 is 10.6 Å². The maximum Gasteiger partial charge on any atom is 0.256 e. The highest BCUT2D eigenvalue weighted by Gasteiger charge is 2.36. The summed E-state index contributed by atoms with van der Waals surface area (Å²) in [6, 6.07) is 0.637. The van der Waals surface area contributed by atoms with Crippen LogP contribution in [0, 0.1) is 5.92 Å². The topological polar surface area (TPSA) is 59.0 Å². The van der Waals surface area contributed by atoms with Gasteiger partial charge in [-0.3, -0.25) is 4.79 Å². The Kier molecular flexibility index (Phi) is 2.76. The minimum atomic E-state index is -0.0322. The van der Waals surface area contributed by atoms with E-state index in [1.807, 2.05) is 18.5 Å². The van der Waals surface area contributed by atoms with E-state index in [9.17, 15) is 4.79 Å². The number of fused-ring (bicyclic) bond motifs is 1. The smallest absolute Gasteiger partial charge is 0.256 e. The number of rotatable bonds is 3. The lowest BCUT2D eigenvalue weighted by Crippen LogP contribution is -2.32. The molecule has 1 aromatic heterocycles. The van der Waals surface area contributed by atoms with Crippen LogP contribution in [0.15, 0.2) is 6.20 Å². The molecule has 0 bridgehead atoms. The normalized spacial score (nSPS) is 22.5. The van der Waals surface area contributed by atoms with E-state index in [4.69, 9.17) is 0 Å². The number of hydrogen-bond acceptors (Lipinski definition) is 3. The van der Waals surface area contributed by atoms with Crippen LogP contribution in [0.2, 0.25) is 0 Å². The molecule has 1 aliphatic carbocycles. The van der Waals surface area contributed by atoms with Crippen LogP contribution in [0.1, 0.15) is 49.5 Å². The third-order valence-electron chi connectivity index (χ3n) is 3.67. The first-order chi connectivity index (χ1) is 8.66. The van der Waals surface area contributed by atoms with Gasteiger partial charge in [0.1, 0.15) is 11.4 Å². The average molecular weight is 248 g/mol. The van der Waals surface area contributed by atoms with Crippen LogP contribution < -0.4 is 10.6 Å². The van der Waals surface area contributed by atoms with Gasteiger partial charge in [-0.05, 0) is 39.0 Å². The van der Waals surface area contributed by atoms with Gasteiger partial charge in [0.05, 0.1) is 12.2 Å². The summed E-state index contributed by atoms with van der Waals surface area (Å²) in [5.41, 5.74) is 0.675. The molecule has 1 amide bonds. The Balaban J connectivity index is 1.87. The number of nitrogens with one attached hydrogen (secondary N) is 2. The maximum absolute atomic E-state index is 12.1. The maximum atomic E-state index is 12.1. The Labute approximate surface area is 107 Å². The largest absolute Gasteiger partial charge is 0.370 e. The molecule has 0 saturated heterocycles. The number of amides is 1. The molecule has 1 atom stereocenters. The van der Waals surface area contributed by atoms with Gasteiger partial charge in [-0.25, -0.2) is 4.68 Å². The van der Waals surface area contributed by atoms with Crippen LogP contribution in [0.25, 0.3) is 0 Å². The van der Waals surface area contributed by atoms with Crippen LogP contribution in [-0.4, -0.2) is 28.3 Å². The van der Waals surface area contributed by atoms with Gasteiger partial charge in [0, 0.05) is 12.6 Å².